The molecular weight excluding hydrogens is 674 g/mol. The fraction of sp³-hybridized carbons (Fsp3) is 0.436. The van der Waals surface area contributed by atoms with Crippen LogP contribution < -0.4 is 19.7 Å². The van der Waals surface area contributed by atoms with Gasteiger partial charge in [0.05, 0.1) is 25.5 Å². The predicted octanol–water partition coefficient (Wildman–Crippen LogP) is 7.75. The molecule has 0 saturated heterocycles. The molecule has 2 amide bonds. The van der Waals surface area contributed by atoms with E-state index in [0.717, 1.165) is 44.3 Å². The Morgan fingerprint density at radius 3 is 2.60 bits per heavy atom. The molecule has 2 heterocycles. The van der Waals surface area contributed by atoms with Gasteiger partial charge < -0.3 is 33.0 Å². The maximum Gasteiger partial charge on any atom is 0.254 e. The van der Waals surface area contributed by atoms with Crippen LogP contribution in [-0.2, 0) is 32.5 Å². The highest BCUT2D eigenvalue weighted by molar-refractivity contribution is 7.75. The Morgan fingerprint density at radius 1 is 1.04 bits per heavy atom. The second-order valence-corrected chi connectivity index (χ2v) is 15.1. The summed E-state index contributed by atoms with van der Waals surface area (Å²) in [6.45, 7) is 3.79. The molecule has 3 aromatic carbocycles. The smallest absolute Gasteiger partial charge is 0.254 e. The molecule has 5 atom stereocenters. The third-order valence-electron chi connectivity index (χ3n) is 10.2. The van der Waals surface area contributed by atoms with Crippen LogP contribution in [0.1, 0.15) is 70.9 Å². The van der Waals surface area contributed by atoms with Gasteiger partial charge in [0.1, 0.15) is 11.5 Å². The normalized spacial score (nSPS) is 25.3. The molecule has 1 unspecified atom stereocenters. The number of ether oxygens (including phenoxy) is 3. The standard InChI is InChI=1S/C39H45ClN3O6S/c1-25-7-6-9-35(48-3)33-18-13-30(33)24-43-23-29-10-15-31(40)21-27(29)8-4-5-20-49-36-19-14-28(22-34(36)43)38(45)42-50(46)39(25)41-37(44)26-11-16-32(47-2)17-12-26/h6,9-12,14-17,19,21-22,25,30,33,35,39H,4-5,7-8,13,18,20,23-24H2,1-3H3,(H,41,44)/q-1/b9-6+/t25-,30-,33+,35-,39?/m0/s1. The molecule has 1 saturated carbocycles. The van der Waals surface area contributed by atoms with Crippen molar-refractivity contribution in [1.82, 2.24) is 5.32 Å². The Bertz CT molecular complexity index is 1810. The average Bonchev–Trinajstić information content (AvgIpc) is 3.14. The zero-order valence-corrected chi connectivity index (χ0v) is 30.4. The summed E-state index contributed by atoms with van der Waals surface area (Å²) in [5.74, 6) is 0.613. The highest BCUT2D eigenvalue weighted by Gasteiger charge is 2.38. The molecule has 3 aliphatic rings. The summed E-state index contributed by atoms with van der Waals surface area (Å²) in [6, 6.07) is 18.1. The molecule has 6 rings (SSSR count). The molecule has 1 N–H and O–H groups in total. The van der Waals surface area contributed by atoms with Crippen molar-refractivity contribution in [2.24, 2.45) is 22.1 Å². The second kappa shape index (κ2) is 16.4. The molecule has 11 heteroatoms. The molecule has 9 nitrogen and oxygen atoms in total. The van der Waals surface area contributed by atoms with Crippen LogP contribution in [-0.4, -0.2) is 50.7 Å². The van der Waals surface area contributed by atoms with Crippen LogP contribution in [0, 0.1) is 17.8 Å². The number of fused-ring (bicyclic) bond motifs is 3. The number of hydrogen-bond acceptors (Lipinski definition) is 8. The van der Waals surface area contributed by atoms with Crippen molar-refractivity contribution in [1.29, 1.82) is 0 Å². The van der Waals surface area contributed by atoms with E-state index in [-0.39, 0.29) is 12.0 Å². The second-order valence-electron chi connectivity index (χ2n) is 13.4. The first-order chi connectivity index (χ1) is 24.2. The first kappa shape index (κ1) is 35.9. The van der Waals surface area contributed by atoms with Crippen molar-refractivity contribution in [3.8, 4) is 11.5 Å². The number of amides is 2. The van der Waals surface area contributed by atoms with E-state index >= 15 is 0 Å². The number of carbonyl (C=O) groups excluding carboxylic acids is 2. The number of allylic oxidation sites excluding steroid dienone is 1. The molecule has 0 spiro atoms. The maximum atomic E-state index is 13.9. The lowest BCUT2D eigenvalue weighted by Crippen LogP contribution is -2.43. The third kappa shape index (κ3) is 8.36. The average molecular weight is 719 g/mol. The van der Waals surface area contributed by atoms with Crippen molar-refractivity contribution in [3.63, 3.8) is 0 Å². The van der Waals surface area contributed by atoms with Crippen LogP contribution in [0.25, 0.3) is 0 Å². The van der Waals surface area contributed by atoms with Gasteiger partial charge in [-0.2, -0.15) is 10.6 Å². The minimum atomic E-state index is -2.08. The van der Waals surface area contributed by atoms with E-state index in [1.165, 1.54) is 11.1 Å². The van der Waals surface area contributed by atoms with Gasteiger partial charge in [0.15, 0.2) is 0 Å². The Hall–Kier alpha value is -3.86. The van der Waals surface area contributed by atoms with Crippen LogP contribution in [0.4, 0.5) is 5.69 Å². The number of rotatable bonds is 4. The van der Waals surface area contributed by atoms with Gasteiger partial charge >= 0.3 is 0 Å². The summed E-state index contributed by atoms with van der Waals surface area (Å²) in [6.07, 6.45) is 9.35. The predicted molar refractivity (Wildman–Crippen MR) is 196 cm³/mol. The highest BCUT2D eigenvalue weighted by atomic mass is 35.5. The minimum absolute atomic E-state index is 0.102. The lowest BCUT2D eigenvalue weighted by Gasteiger charge is -2.43. The zero-order chi connectivity index (χ0) is 35.2. The fourth-order valence-electron chi connectivity index (χ4n) is 7.08. The van der Waals surface area contributed by atoms with Gasteiger partial charge in [-0.25, -0.2) is 0 Å². The van der Waals surface area contributed by atoms with Crippen LogP contribution in [0.15, 0.2) is 77.2 Å². The molecule has 2 bridgehead atoms. The van der Waals surface area contributed by atoms with Crippen molar-refractivity contribution < 1.29 is 28.0 Å². The van der Waals surface area contributed by atoms with Gasteiger partial charge in [0, 0.05) is 36.3 Å². The van der Waals surface area contributed by atoms with Gasteiger partial charge in [-0.05, 0) is 127 Å². The van der Waals surface area contributed by atoms with E-state index in [1.54, 1.807) is 44.6 Å². The number of benzene rings is 3. The molecule has 1 aliphatic carbocycles. The number of nitrogens with one attached hydrogen (secondary N) is 1. The molecule has 3 aromatic rings. The summed E-state index contributed by atoms with van der Waals surface area (Å²) in [5.41, 5.74) is 3.87. The largest absolute Gasteiger partial charge is 0.497 e. The van der Waals surface area contributed by atoms with Gasteiger partial charge in [-0.15, -0.1) is 0 Å². The summed E-state index contributed by atoms with van der Waals surface area (Å²) in [4.78, 5) is 29.4. The molecular formula is C39H45ClN3O6S-. The maximum absolute atomic E-state index is 13.9. The lowest BCUT2D eigenvalue weighted by atomic mass is 9.70. The third-order valence-corrected chi connectivity index (χ3v) is 11.8. The highest BCUT2D eigenvalue weighted by Crippen LogP contribution is 2.42. The van der Waals surface area contributed by atoms with Crippen molar-refractivity contribution in [2.75, 3.05) is 32.3 Å². The molecule has 0 radical (unpaired) electrons. The summed E-state index contributed by atoms with van der Waals surface area (Å²) in [5, 5.41) is 2.70. The number of aryl methyl sites for hydroxylation is 1. The van der Waals surface area contributed by atoms with E-state index in [1.807, 2.05) is 31.2 Å². The number of carbonyl (C=O) groups is 2. The van der Waals surface area contributed by atoms with E-state index in [2.05, 4.69) is 32.8 Å². The Labute approximate surface area is 301 Å². The van der Waals surface area contributed by atoms with Crippen molar-refractivity contribution >= 4 is 39.7 Å². The number of halogens is 1. The lowest BCUT2D eigenvalue weighted by molar-refractivity contribution is 0.0133. The van der Waals surface area contributed by atoms with E-state index in [0.29, 0.717) is 59.1 Å². The fourth-order valence-corrected chi connectivity index (χ4v) is 8.37. The Balaban J connectivity index is 1.41. The topological polar surface area (TPSA) is 107 Å². The van der Waals surface area contributed by atoms with E-state index in [9.17, 15) is 13.8 Å². The van der Waals surface area contributed by atoms with E-state index in [4.69, 9.17) is 25.8 Å². The zero-order valence-electron chi connectivity index (χ0n) is 28.8. The number of hydrogen-bond donors (Lipinski definition) is 1. The summed E-state index contributed by atoms with van der Waals surface area (Å²) < 4.78 is 35.7. The summed E-state index contributed by atoms with van der Waals surface area (Å²) >= 11 is 6.45. The van der Waals surface area contributed by atoms with Crippen molar-refractivity contribution in [2.45, 2.75) is 63.5 Å². The molecule has 50 heavy (non-hydrogen) atoms. The van der Waals surface area contributed by atoms with Crippen LogP contribution >= 0.6 is 11.6 Å². The van der Waals surface area contributed by atoms with Gasteiger partial charge in [-0.1, -0.05) is 36.7 Å². The Kier molecular flexibility index (Phi) is 11.8. The first-order valence-corrected chi connectivity index (χ1v) is 18.9. The number of anilines is 1. The molecule has 1 fully saturated rings. The first-order valence-electron chi connectivity index (χ1n) is 17.3. The summed E-state index contributed by atoms with van der Waals surface area (Å²) in [7, 11) is 1.21. The SMILES string of the molecule is COc1ccc(C(=O)NC2[C@@H](C)C/C=C/[C@H](OC)[C@@H]3CC[C@H]3CN3Cc4ccc(Cl)cc4CCCCOc4ccc(cc43)C(=O)N=[S-]2=O)cc1. The Morgan fingerprint density at radius 2 is 1.86 bits per heavy atom. The van der Waals surface area contributed by atoms with Crippen LogP contribution in [0.2, 0.25) is 5.02 Å². The van der Waals surface area contributed by atoms with E-state index < -0.39 is 27.8 Å². The quantitative estimate of drug-likeness (QED) is 0.217. The number of nitrogens with zero attached hydrogens (tertiary/aromatic N) is 2. The van der Waals surface area contributed by atoms with Gasteiger partial charge in [-0.3, -0.25) is 9.59 Å². The van der Waals surface area contributed by atoms with Gasteiger partial charge in [0.25, 0.3) is 5.91 Å². The van der Waals surface area contributed by atoms with Crippen LogP contribution in [0.5, 0.6) is 11.5 Å². The van der Waals surface area contributed by atoms with Crippen molar-refractivity contribution in [3.05, 3.63) is 100 Å². The monoisotopic (exact) mass is 718 g/mol. The van der Waals surface area contributed by atoms with Gasteiger partial charge in [0.2, 0.25) is 5.91 Å². The molecule has 2 aliphatic heterocycles. The molecule has 266 valence electrons. The number of methoxy groups -OCH3 is 2. The minimum Gasteiger partial charge on any atom is -0.497 e. The molecule has 0 aromatic heterocycles. The van der Waals surface area contributed by atoms with Crippen LogP contribution in [0.3, 0.4) is 0 Å².